The number of aryl methyl sites for hydroxylation is 1. The van der Waals surface area contributed by atoms with Crippen molar-refractivity contribution in [2.24, 2.45) is 0 Å². The van der Waals surface area contributed by atoms with Crippen LogP contribution in [0.1, 0.15) is 76.7 Å². The number of hydrogen-bond acceptors (Lipinski definition) is 7. The van der Waals surface area contributed by atoms with Gasteiger partial charge in [-0.2, -0.15) is 5.10 Å². The van der Waals surface area contributed by atoms with Crippen LogP contribution >= 0.6 is 11.3 Å². The van der Waals surface area contributed by atoms with Crippen LogP contribution in [-0.4, -0.2) is 53.1 Å². The van der Waals surface area contributed by atoms with Crippen LogP contribution in [0.4, 0.5) is 11.4 Å². The van der Waals surface area contributed by atoms with E-state index in [9.17, 15) is 14.7 Å². The smallest absolute Gasteiger partial charge is 0.340 e. The lowest BCUT2D eigenvalue weighted by atomic mass is 9.96. The molecule has 1 amide bonds. The number of methoxy groups -OCH3 is 1. The maximum absolute atomic E-state index is 13.2. The molecule has 1 aliphatic carbocycles. The summed E-state index contributed by atoms with van der Waals surface area (Å²) in [7, 11) is 1.35. The van der Waals surface area contributed by atoms with Crippen LogP contribution in [0.2, 0.25) is 0 Å². The molecule has 8 nitrogen and oxygen atoms in total. The molecule has 35 heavy (non-hydrogen) atoms. The number of aliphatic hydroxyl groups excluding tert-OH is 1. The van der Waals surface area contributed by atoms with Crippen LogP contribution in [0, 0.1) is 6.92 Å². The number of aliphatic hydroxyl groups is 1. The maximum atomic E-state index is 13.2. The van der Waals surface area contributed by atoms with E-state index in [-0.39, 0.29) is 12.0 Å². The largest absolute Gasteiger partial charge is 0.465 e. The molecule has 0 spiro atoms. The molecule has 2 fully saturated rings. The fourth-order valence-electron chi connectivity index (χ4n) is 5.22. The Bertz CT molecular complexity index is 1240. The molecule has 2 N–H and O–H groups in total. The molecular weight excluding hydrogens is 464 g/mol. The summed E-state index contributed by atoms with van der Waals surface area (Å²) >= 11 is 1.47. The second-order valence-corrected chi connectivity index (χ2v) is 10.6. The first-order valence-electron chi connectivity index (χ1n) is 12.4. The Morgan fingerprint density at radius 1 is 1.11 bits per heavy atom. The number of nitrogens with one attached hydrogen (secondary N) is 1. The third-order valence-corrected chi connectivity index (χ3v) is 8.30. The Balaban J connectivity index is 1.38. The zero-order chi connectivity index (χ0) is 24.5. The summed E-state index contributed by atoms with van der Waals surface area (Å²) in [5, 5.41) is 18.6. The van der Waals surface area contributed by atoms with Gasteiger partial charge in [-0.1, -0.05) is 19.3 Å². The molecule has 186 valence electrons. The molecule has 0 radical (unpaired) electrons. The van der Waals surface area contributed by atoms with E-state index in [1.54, 1.807) is 6.07 Å². The molecule has 1 aliphatic heterocycles. The number of amides is 1. The first-order valence-corrected chi connectivity index (χ1v) is 13.2. The molecule has 3 aromatic rings. The lowest BCUT2D eigenvalue weighted by molar-refractivity contribution is 0.0601. The maximum Gasteiger partial charge on any atom is 0.340 e. The minimum Gasteiger partial charge on any atom is -0.465 e. The predicted octanol–water partition coefficient (Wildman–Crippen LogP) is 4.91. The van der Waals surface area contributed by atoms with Gasteiger partial charge in [-0.25, -0.2) is 4.79 Å². The first-order chi connectivity index (χ1) is 16.9. The fourth-order valence-corrected chi connectivity index (χ4v) is 6.35. The van der Waals surface area contributed by atoms with Gasteiger partial charge in [-0.3, -0.25) is 9.48 Å². The van der Waals surface area contributed by atoms with E-state index in [1.165, 1.54) is 37.7 Å². The van der Waals surface area contributed by atoms with E-state index in [1.807, 2.05) is 25.1 Å². The van der Waals surface area contributed by atoms with Crippen LogP contribution < -0.4 is 10.2 Å². The summed E-state index contributed by atoms with van der Waals surface area (Å²) in [5.74, 6) is -0.655. The van der Waals surface area contributed by atoms with E-state index in [0.717, 1.165) is 34.4 Å². The average molecular weight is 497 g/mol. The van der Waals surface area contributed by atoms with Gasteiger partial charge in [0.15, 0.2) is 0 Å². The zero-order valence-electron chi connectivity index (χ0n) is 20.2. The van der Waals surface area contributed by atoms with Crippen LogP contribution in [-0.2, 0) is 4.74 Å². The van der Waals surface area contributed by atoms with Crippen molar-refractivity contribution in [1.82, 2.24) is 9.78 Å². The summed E-state index contributed by atoms with van der Waals surface area (Å²) in [6.07, 6.45) is 7.00. The van der Waals surface area contributed by atoms with Gasteiger partial charge in [0.2, 0.25) is 0 Å². The molecule has 1 saturated heterocycles. The minimum atomic E-state index is -0.452. The second-order valence-electron chi connectivity index (χ2n) is 9.55. The molecule has 1 aromatic carbocycles. The fraction of sp³-hybridized carbons (Fsp3) is 0.500. The number of benzene rings is 1. The molecule has 0 bridgehead atoms. The highest BCUT2D eigenvalue weighted by Gasteiger charge is 2.25. The number of carbonyl (C=O) groups excluding carboxylic acids is 2. The summed E-state index contributed by atoms with van der Waals surface area (Å²) in [5.41, 5.74) is 2.65. The highest BCUT2D eigenvalue weighted by Crippen LogP contribution is 2.36. The number of piperidine rings is 1. The molecular formula is C26H32N4O4S. The highest BCUT2D eigenvalue weighted by molar-refractivity contribution is 7.20. The van der Waals surface area contributed by atoms with Crippen LogP contribution in [0.25, 0.3) is 10.2 Å². The van der Waals surface area contributed by atoms with Gasteiger partial charge in [-0.05, 0) is 56.9 Å². The van der Waals surface area contributed by atoms with Gasteiger partial charge in [0.1, 0.15) is 4.83 Å². The number of anilines is 2. The number of esters is 1. The van der Waals surface area contributed by atoms with Gasteiger partial charge in [-0.15, -0.1) is 11.3 Å². The SMILES string of the molecule is COC(=O)c1cc(NC(=O)c2cc3c(C)nn(C4CCCCC4)c3s2)ccc1N1CCC(O)CC1. The Hall–Kier alpha value is -2.91. The Kier molecular flexibility index (Phi) is 6.80. The van der Waals surface area contributed by atoms with E-state index >= 15 is 0 Å². The quantitative estimate of drug-likeness (QED) is 0.487. The summed E-state index contributed by atoms with van der Waals surface area (Å²) in [6.45, 7) is 3.32. The molecule has 0 atom stereocenters. The monoisotopic (exact) mass is 496 g/mol. The summed E-state index contributed by atoms with van der Waals surface area (Å²) in [4.78, 5) is 29.5. The molecule has 2 aromatic heterocycles. The number of carbonyl (C=O) groups is 2. The number of thiophene rings is 1. The van der Waals surface area contributed by atoms with Gasteiger partial charge in [0, 0.05) is 24.2 Å². The van der Waals surface area contributed by atoms with Crippen LogP contribution in [0.3, 0.4) is 0 Å². The minimum absolute atomic E-state index is 0.203. The van der Waals surface area contributed by atoms with Crippen molar-refractivity contribution in [3.8, 4) is 0 Å². The Morgan fingerprint density at radius 3 is 2.57 bits per heavy atom. The molecule has 1 saturated carbocycles. The zero-order valence-corrected chi connectivity index (χ0v) is 21.1. The standard InChI is InChI=1S/C26H32N4O4S/c1-16-20-15-23(35-25(20)30(28-16)18-6-4-3-5-7-18)24(32)27-17-8-9-22(21(14-17)26(33)34-2)29-12-10-19(31)11-13-29/h8-9,14-15,18-19,31H,3-7,10-13H2,1-2H3,(H,27,32). The number of hydrogen-bond donors (Lipinski definition) is 2. The lowest BCUT2D eigenvalue weighted by Gasteiger charge is -2.32. The number of rotatable bonds is 5. The summed E-state index contributed by atoms with van der Waals surface area (Å²) < 4.78 is 7.14. The normalized spacial score (nSPS) is 17.6. The van der Waals surface area contributed by atoms with Crippen molar-refractivity contribution in [2.75, 3.05) is 30.4 Å². The van der Waals surface area contributed by atoms with Gasteiger partial charge in [0.05, 0.1) is 41.1 Å². The average Bonchev–Trinajstić information content (AvgIpc) is 3.45. The molecule has 2 aliphatic rings. The Labute approximate surface area is 208 Å². The first kappa shape index (κ1) is 23.8. The number of aromatic nitrogens is 2. The predicted molar refractivity (Wildman–Crippen MR) is 138 cm³/mol. The van der Waals surface area contributed by atoms with Crippen LogP contribution in [0.5, 0.6) is 0 Å². The van der Waals surface area contributed by atoms with Crippen molar-refractivity contribution in [1.29, 1.82) is 0 Å². The van der Waals surface area contributed by atoms with Crippen molar-refractivity contribution in [3.63, 3.8) is 0 Å². The second kappa shape index (κ2) is 9.99. The van der Waals surface area contributed by atoms with Gasteiger partial charge < -0.3 is 20.1 Å². The molecule has 3 heterocycles. The van der Waals surface area contributed by atoms with Crippen molar-refractivity contribution < 1.29 is 19.4 Å². The van der Waals surface area contributed by atoms with E-state index in [0.29, 0.717) is 48.1 Å². The van der Waals surface area contributed by atoms with Crippen molar-refractivity contribution >= 4 is 44.8 Å². The highest BCUT2D eigenvalue weighted by atomic mass is 32.1. The lowest BCUT2D eigenvalue weighted by Crippen LogP contribution is -2.36. The summed E-state index contributed by atoms with van der Waals surface area (Å²) in [6, 6.07) is 7.65. The third-order valence-electron chi connectivity index (χ3n) is 7.18. The topological polar surface area (TPSA) is 96.7 Å². The number of fused-ring (bicyclic) bond motifs is 1. The van der Waals surface area contributed by atoms with Crippen molar-refractivity contribution in [3.05, 3.63) is 40.4 Å². The number of nitrogens with zero attached hydrogens (tertiary/aromatic N) is 3. The molecule has 0 unspecified atom stereocenters. The number of ether oxygens (including phenoxy) is 1. The van der Waals surface area contributed by atoms with E-state index < -0.39 is 5.97 Å². The van der Waals surface area contributed by atoms with Gasteiger partial charge in [0.25, 0.3) is 5.91 Å². The molecule has 9 heteroatoms. The van der Waals surface area contributed by atoms with Gasteiger partial charge >= 0.3 is 5.97 Å². The Morgan fingerprint density at radius 2 is 1.86 bits per heavy atom. The van der Waals surface area contributed by atoms with E-state index in [2.05, 4.69) is 14.9 Å². The third kappa shape index (κ3) is 4.79. The van der Waals surface area contributed by atoms with Crippen LogP contribution in [0.15, 0.2) is 24.3 Å². The molecule has 5 rings (SSSR count). The van der Waals surface area contributed by atoms with Crippen molar-refractivity contribution in [2.45, 2.75) is 64.0 Å². The van der Waals surface area contributed by atoms with E-state index in [4.69, 9.17) is 9.84 Å².